The number of aryl methyl sites for hydroxylation is 2. The Hall–Kier alpha value is -1.55. The standard InChI is InChI=1S/C22H36N2O2/c1-5-19-10-7-8-14-24(19)15-9-13-23-22(25)21(6-2)26-20-12-11-17(3)18(4)16-20/h11-12,16,19,21H,5-10,13-15H2,1-4H3,(H,23,25)/t19-,21-/m0/s1. The zero-order valence-corrected chi connectivity index (χ0v) is 17.0. The Bertz CT molecular complexity index is 573. The summed E-state index contributed by atoms with van der Waals surface area (Å²) in [5.74, 6) is 0.769. The van der Waals surface area contributed by atoms with Crippen LogP contribution in [0.5, 0.6) is 5.75 Å². The molecule has 1 amide bonds. The topological polar surface area (TPSA) is 41.6 Å². The number of amides is 1. The number of nitrogens with zero attached hydrogens (tertiary/aromatic N) is 1. The van der Waals surface area contributed by atoms with Crippen molar-refractivity contribution < 1.29 is 9.53 Å². The molecule has 0 bridgehead atoms. The lowest BCUT2D eigenvalue weighted by molar-refractivity contribution is -0.128. The average Bonchev–Trinajstić information content (AvgIpc) is 2.66. The lowest BCUT2D eigenvalue weighted by atomic mass is 10.00. The van der Waals surface area contributed by atoms with Crippen LogP contribution in [0.3, 0.4) is 0 Å². The van der Waals surface area contributed by atoms with Crippen LogP contribution in [0.25, 0.3) is 0 Å². The predicted molar refractivity (Wildman–Crippen MR) is 108 cm³/mol. The minimum absolute atomic E-state index is 0.00332. The van der Waals surface area contributed by atoms with Gasteiger partial charge in [0.1, 0.15) is 5.75 Å². The third-order valence-corrected chi connectivity index (χ3v) is 5.56. The highest BCUT2D eigenvalue weighted by Crippen LogP contribution is 2.20. The molecule has 0 radical (unpaired) electrons. The van der Waals surface area contributed by atoms with Crippen LogP contribution in [0.1, 0.15) is 63.5 Å². The highest BCUT2D eigenvalue weighted by molar-refractivity contribution is 5.81. The Morgan fingerprint density at radius 1 is 1.27 bits per heavy atom. The van der Waals surface area contributed by atoms with Gasteiger partial charge in [-0.15, -0.1) is 0 Å². The molecule has 0 aliphatic carbocycles. The maximum atomic E-state index is 12.5. The number of hydrogen-bond donors (Lipinski definition) is 1. The molecule has 4 heteroatoms. The second kappa shape index (κ2) is 10.6. The van der Waals surface area contributed by atoms with E-state index in [0.717, 1.165) is 31.3 Å². The molecule has 146 valence electrons. The van der Waals surface area contributed by atoms with Gasteiger partial charge in [0.05, 0.1) is 0 Å². The molecule has 0 spiro atoms. The molecule has 1 aliphatic heterocycles. The normalized spacial score (nSPS) is 19.2. The second-order valence-corrected chi connectivity index (χ2v) is 7.50. The fourth-order valence-electron chi connectivity index (χ4n) is 3.70. The molecule has 1 saturated heterocycles. The molecule has 0 saturated carbocycles. The van der Waals surface area contributed by atoms with E-state index in [9.17, 15) is 4.79 Å². The number of ether oxygens (including phenoxy) is 1. The first-order valence-electron chi connectivity index (χ1n) is 10.3. The Labute approximate surface area is 159 Å². The first kappa shape index (κ1) is 20.8. The molecule has 0 unspecified atom stereocenters. The monoisotopic (exact) mass is 360 g/mol. The molecule has 26 heavy (non-hydrogen) atoms. The van der Waals surface area contributed by atoms with Crippen molar-refractivity contribution >= 4 is 5.91 Å². The smallest absolute Gasteiger partial charge is 0.261 e. The van der Waals surface area contributed by atoms with Gasteiger partial charge in [0.15, 0.2) is 6.10 Å². The highest BCUT2D eigenvalue weighted by atomic mass is 16.5. The number of carbonyl (C=O) groups excluding carboxylic acids is 1. The molecule has 0 aromatic heterocycles. The van der Waals surface area contributed by atoms with Gasteiger partial charge in [-0.05, 0) is 75.8 Å². The van der Waals surface area contributed by atoms with Crippen molar-refractivity contribution in [2.45, 2.75) is 78.4 Å². The minimum Gasteiger partial charge on any atom is -0.481 e. The Morgan fingerprint density at radius 2 is 2.08 bits per heavy atom. The van der Waals surface area contributed by atoms with Crippen LogP contribution in [-0.2, 0) is 4.79 Å². The van der Waals surface area contributed by atoms with Gasteiger partial charge in [0.25, 0.3) is 5.91 Å². The van der Waals surface area contributed by atoms with Gasteiger partial charge in [-0.25, -0.2) is 0 Å². The van der Waals surface area contributed by atoms with Crippen molar-refractivity contribution in [3.63, 3.8) is 0 Å². The van der Waals surface area contributed by atoms with E-state index in [2.05, 4.69) is 31.0 Å². The Morgan fingerprint density at radius 3 is 2.77 bits per heavy atom. The zero-order valence-electron chi connectivity index (χ0n) is 17.0. The number of hydrogen-bond acceptors (Lipinski definition) is 3. The lowest BCUT2D eigenvalue weighted by Crippen LogP contribution is -2.42. The lowest BCUT2D eigenvalue weighted by Gasteiger charge is -2.35. The van der Waals surface area contributed by atoms with Crippen LogP contribution < -0.4 is 10.1 Å². The molecular formula is C22H36N2O2. The van der Waals surface area contributed by atoms with E-state index in [1.165, 1.54) is 43.4 Å². The highest BCUT2D eigenvalue weighted by Gasteiger charge is 2.21. The summed E-state index contributed by atoms with van der Waals surface area (Å²) in [5.41, 5.74) is 2.42. The van der Waals surface area contributed by atoms with Gasteiger partial charge < -0.3 is 15.0 Å². The third-order valence-electron chi connectivity index (χ3n) is 5.56. The third kappa shape index (κ3) is 6.01. The molecule has 2 rings (SSSR count). The molecule has 1 aromatic rings. The van der Waals surface area contributed by atoms with E-state index in [1.54, 1.807) is 0 Å². The summed E-state index contributed by atoms with van der Waals surface area (Å²) in [6.07, 6.45) is 6.48. The van der Waals surface area contributed by atoms with Gasteiger partial charge >= 0.3 is 0 Å². The van der Waals surface area contributed by atoms with Crippen LogP contribution in [-0.4, -0.2) is 42.6 Å². The van der Waals surface area contributed by atoms with Gasteiger partial charge in [-0.2, -0.15) is 0 Å². The molecule has 2 atom stereocenters. The maximum Gasteiger partial charge on any atom is 0.261 e. The molecule has 1 aliphatic rings. The van der Waals surface area contributed by atoms with Crippen molar-refractivity contribution in [3.8, 4) is 5.75 Å². The number of piperidine rings is 1. The molecule has 1 fully saturated rings. The summed E-state index contributed by atoms with van der Waals surface area (Å²) in [7, 11) is 0. The Kier molecular flexibility index (Phi) is 8.43. The van der Waals surface area contributed by atoms with Crippen LogP contribution in [0.15, 0.2) is 18.2 Å². The number of likely N-dealkylation sites (tertiary alicyclic amines) is 1. The van der Waals surface area contributed by atoms with Gasteiger partial charge in [0, 0.05) is 19.1 Å². The van der Waals surface area contributed by atoms with E-state index in [-0.39, 0.29) is 5.91 Å². The van der Waals surface area contributed by atoms with Crippen LogP contribution in [0, 0.1) is 13.8 Å². The van der Waals surface area contributed by atoms with Crippen molar-refractivity contribution in [3.05, 3.63) is 29.3 Å². The van der Waals surface area contributed by atoms with E-state index < -0.39 is 6.10 Å². The average molecular weight is 361 g/mol. The summed E-state index contributed by atoms with van der Waals surface area (Å²) in [4.78, 5) is 15.0. The summed E-state index contributed by atoms with van der Waals surface area (Å²) in [5, 5.41) is 3.06. The maximum absolute atomic E-state index is 12.5. The summed E-state index contributed by atoms with van der Waals surface area (Å²) >= 11 is 0. The Balaban J connectivity index is 1.75. The van der Waals surface area contributed by atoms with Crippen molar-refractivity contribution in [2.24, 2.45) is 0 Å². The van der Waals surface area contributed by atoms with Crippen molar-refractivity contribution in [2.75, 3.05) is 19.6 Å². The van der Waals surface area contributed by atoms with E-state index >= 15 is 0 Å². The summed E-state index contributed by atoms with van der Waals surface area (Å²) < 4.78 is 5.92. The quantitative estimate of drug-likeness (QED) is 0.670. The first-order chi connectivity index (χ1) is 12.5. The van der Waals surface area contributed by atoms with Gasteiger partial charge in [-0.3, -0.25) is 4.79 Å². The van der Waals surface area contributed by atoms with Crippen LogP contribution in [0.2, 0.25) is 0 Å². The SMILES string of the molecule is CC[C@H]1CCCCN1CCCNC(=O)[C@H](CC)Oc1ccc(C)c(C)c1. The predicted octanol–water partition coefficient (Wildman–Crippen LogP) is 4.23. The molecular weight excluding hydrogens is 324 g/mol. The number of rotatable bonds is 9. The van der Waals surface area contributed by atoms with Gasteiger partial charge in [-0.1, -0.05) is 26.3 Å². The fourth-order valence-corrected chi connectivity index (χ4v) is 3.70. The van der Waals surface area contributed by atoms with Crippen LogP contribution >= 0.6 is 0 Å². The number of nitrogens with one attached hydrogen (secondary N) is 1. The van der Waals surface area contributed by atoms with E-state index in [1.807, 2.05) is 25.1 Å². The number of carbonyl (C=O) groups is 1. The molecule has 1 N–H and O–H groups in total. The van der Waals surface area contributed by atoms with Crippen molar-refractivity contribution in [1.29, 1.82) is 0 Å². The molecule has 1 aromatic carbocycles. The fraction of sp³-hybridized carbons (Fsp3) is 0.682. The second-order valence-electron chi connectivity index (χ2n) is 7.50. The van der Waals surface area contributed by atoms with Crippen molar-refractivity contribution in [1.82, 2.24) is 10.2 Å². The largest absolute Gasteiger partial charge is 0.481 e. The summed E-state index contributed by atoms with van der Waals surface area (Å²) in [6, 6.07) is 6.72. The number of benzene rings is 1. The molecule has 1 heterocycles. The molecule has 4 nitrogen and oxygen atoms in total. The van der Waals surface area contributed by atoms with E-state index in [0.29, 0.717) is 6.42 Å². The zero-order chi connectivity index (χ0) is 18.9. The summed E-state index contributed by atoms with van der Waals surface area (Å²) in [6.45, 7) is 11.4. The van der Waals surface area contributed by atoms with Gasteiger partial charge in [0.2, 0.25) is 0 Å². The van der Waals surface area contributed by atoms with Crippen LogP contribution in [0.4, 0.5) is 0 Å². The first-order valence-corrected chi connectivity index (χ1v) is 10.3. The van der Waals surface area contributed by atoms with E-state index in [4.69, 9.17) is 4.74 Å². The minimum atomic E-state index is -0.421.